The molecule has 0 aromatic heterocycles. The number of rotatable bonds is 1. The SMILES string of the molecule is c1ccc2c(c1)CCN(c1ccc3c(c1)NCCC3)C2. The Morgan fingerprint density at radius 1 is 0.900 bits per heavy atom. The minimum atomic E-state index is 1.04. The highest BCUT2D eigenvalue weighted by Gasteiger charge is 2.17. The van der Waals surface area contributed by atoms with Crippen molar-refractivity contribution in [1.29, 1.82) is 0 Å². The van der Waals surface area contributed by atoms with Crippen molar-refractivity contribution in [3.05, 3.63) is 59.2 Å². The molecule has 102 valence electrons. The van der Waals surface area contributed by atoms with Crippen molar-refractivity contribution < 1.29 is 0 Å². The maximum absolute atomic E-state index is 3.53. The Morgan fingerprint density at radius 2 is 1.80 bits per heavy atom. The van der Waals surface area contributed by atoms with Gasteiger partial charge in [-0.2, -0.15) is 0 Å². The summed E-state index contributed by atoms with van der Waals surface area (Å²) < 4.78 is 0. The molecule has 4 rings (SSSR count). The molecule has 2 aromatic rings. The fraction of sp³-hybridized carbons (Fsp3) is 0.333. The summed E-state index contributed by atoms with van der Waals surface area (Å²) in [7, 11) is 0. The largest absolute Gasteiger partial charge is 0.385 e. The van der Waals surface area contributed by atoms with Crippen molar-refractivity contribution in [1.82, 2.24) is 0 Å². The van der Waals surface area contributed by atoms with Crippen LogP contribution in [-0.2, 0) is 19.4 Å². The van der Waals surface area contributed by atoms with E-state index in [2.05, 4.69) is 52.7 Å². The summed E-state index contributed by atoms with van der Waals surface area (Å²) in [6.07, 6.45) is 3.62. The van der Waals surface area contributed by atoms with Crippen LogP contribution in [-0.4, -0.2) is 13.1 Å². The van der Waals surface area contributed by atoms with Gasteiger partial charge in [0, 0.05) is 31.0 Å². The maximum atomic E-state index is 3.53. The normalized spacial score (nSPS) is 17.1. The minimum Gasteiger partial charge on any atom is -0.385 e. The molecule has 1 N–H and O–H groups in total. The van der Waals surface area contributed by atoms with E-state index in [1.165, 1.54) is 40.9 Å². The summed E-state index contributed by atoms with van der Waals surface area (Å²) >= 11 is 0. The van der Waals surface area contributed by atoms with Gasteiger partial charge in [-0.1, -0.05) is 30.3 Å². The van der Waals surface area contributed by atoms with Crippen molar-refractivity contribution in [3.8, 4) is 0 Å². The van der Waals surface area contributed by atoms with Crippen LogP contribution < -0.4 is 10.2 Å². The molecule has 0 fully saturated rings. The van der Waals surface area contributed by atoms with Gasteiger partial charge < -0.3 is 10.2 Å². The smallest absolute Gasteiger partial charge is 0.0432 e. The van der Waals surface area contributed by atoms with E-state index in [9.17, 15) is 0 Å². The second kappa shape index (κ2) is 4.86. The van der Waals surface area contributed by atoms with Crippen LogP contribution in [0.1, 0.15) is 23.1 Å². The molecule has 0 unspecified atom stereocenters. The number of benzene rings is 2. The van der Waals surface area contributed by atoms with E-state index < -0.39 is 0 Å². The van der Waals surface area contributed by atoms with E-state index in [1.54, 1.807) is 0 Å². The molecule has 0 spiro atoms. The van der Waals surface area contributed by atoms with E-state index in [4.69, 9.17) is 0 Å². The molecule has 0 saturated carbocycles. The summed E-state index contributed by atoms with van der Waals surface area (Å²) in [6, 6.07) is 15.8. The fourth-order valence-corrected chi connectivity index (χ4v) is 3.36. The van der Waals surface area contributed by atoms with Crippen molar-refractivity contribution in [3.63, 3.8) is 0 Å². The number of nitrogens with one attached hydrogen (secondary N) is 1. The van der Waals surface area contributed by atoms with Crippen molar-refractivity contribution in [2.45, 2.75) is 25.8 Å². The second-order valence-corrected chi connectivity index (χ2v) is 5.81. The van der Waals surface area contributed by atoms with Crippen LogP contribution >= 0.6 is 0 Å². The van der Waals surface area contributed by atoms with Gasteiger partial charge >= 0.3 is 0 Å². The monoisotopic (exact) mass is 264 g/mol. The lowest BCUT2D eigenvalue weighted by molar-refractivity contribution is 0.730. The van der Waals surface area contributed by atoms with Crippen LogP contribution in [0.25, 0.3) is 0 Å². The summed E-state index contributed by atoms with van der Waals surface area (Å²) in [4.78, 5) is 2.50. The number of anilines is 2. The second-order valence-electron chi connectivity index (χ2n) is 5.81. The Morgan fingerprint density at radius 3 is 2.75 bits per heavy atom. The first-order valence-corrected chi connectivity index (χ1v) is 7.59. The van der Waals surface area contributed by atoms with E-state index in [0.717, 1.165) is 26.1 Å². The van der Waals surface area contributed by atoms with Gasteiger partial charge in [-0.3, -0.25) is 0 Å². The highest BCUT2D eigenvalue weighted by molar-refractivity contribution is 5.64. The number of hydrogen-bond donors (Lipinski definition) is 1. The molecule has 2 nitrogen and oxygen atoms in total. The van der Waals surface area contributed by atoms with Crippen molar-refractivity contribution in [2.24, 2.45) is 0 Å². The number of hydrogen-bond acceptors (Lipinski definition) is 2. The Bertz CT molecular complexity index is 633. The molecule has 0 amide bonds. The molecular formula is C18H20N2. The zero-order valence-corrected chi connectivity index (χ0v) is 11.7. The first kappa shape index (κ1) is 11.8. The van der Waals surface area contributed by atoms with Crippen LogP contribution in [0.2, 0.25) is 0 Å². The standard InChI is InChI=1S/C18H20N2/c1-2-5-16-13-20(11-9-14(16)4-1)17-8-7-15-6-3-10-19-18(15)12-17/h1-2,4-5,7-8,12,19H,3,6,9-11,13H2. The molecule has 0 atom stereocenters. The molecule has 2 heteroatoms. The molecular weight excluding hydrogens is 244 g/mol. The Kier molecular flexibility index (Phi) is 2.87. The molecule has 0 saturated heterocycles. The van der Waals surface area contributed by atoms with E-state index >= 15 is 0 Å². The molecule has 0 radical (unpaired) electrons. The molecule has 2 aromatic carbocycles. The third-order valence-corrected chi connectivity index (χ3v) is 4.53. The highest BCUT2D eigenvalue weighted by Crippen LogP contribution is 2.30. The van der Waals surface area contributed by atoms with Gasteiger partial charge in [0.2, 0.25) is 0 Å². The lowest BCUT2D eigenvalue weighted by Crippen LogP contribution is -2.30. The Balaban J connectivity index is 1.63. The summed E-state index contributed by atoms with van der Waals surface area (Å²) in [5.41, 5.74) is 7.15. The first-order chi connectivity index (χ1) is 9.90. The third-order valence-electron chi connectivity index (χ3n) is 4.53. The number of nitrogens with zero attached hydrogens (tertiary/aromatic N) is 1. The minimum absolute atomic E-state index is 1.04. The van der Waals surface area contributed by atoms with Crippen molar-refractivity contribution >= 4 is 11.4 Å². The van der Waals surface area contributed by atoms with Gasteiger partial charge in [-0.05, 0) is 48.1 Å². The van der Waals surface area contributed by atoms with Gasteiger partial charge in [0.05, 0.1) is 0 Å². The van der Waals surface area contributed by atoms with Crippen LogP contribution in [0, 0.1) is 0 Å². The van der Waals surface area contributed by atoms with E-state index in [-0.39, 0.29) is 0 Å². The first-order valence-electron chi connectivity index (χ1n) is 7.59. The topological polar surface area (TPSA) is 15.3 Å². The molecule has 2 heterocycles. The zero-order valence-electron chi connectivity index (χ0n) is 11.7. The third kappa shape index (κ3) is 2.05. The van der Waals surface area contributed by atoms with Gasteiger partial charge in [-0.25, -0.2) is 0 Å². The van der Waals surface area contributed by atoms with Gasteiger partial charge in [0.15, 0.2) is 0 Å². The molecule has 20 heavy (non-hydrogen) atoms. The van der Waals surface area contributed by atoms with Gasteiger partial charge in [-0.15, -0.1) is 0 Å². The van der Waals surface area contributed by atoms with Crippen LogP contribution in [0.15, 0.2) is 42.5 Å². The quantitative estimate of drug-likeness (QED) is 0.846. The molecule has 2 aliphatic heterocycles. The summed E-state index contributed by atoms with van der Waals surface area (Å²) in [6.45, 7) is 3.27. The van der Waals surface area contributed by atoms with Gasteiger partial charge in [0.25, 0.3) is 0 Å². The van der Waals surface area contributed by atoms with Crippen molar-refractivity contribution in [2.75, 3.05) is 23.3 Å². The molecule has 0 aliphatic carbocycles. The summed E-state index contributed by atoms with van der Waals surface area (Å²) in [5, 5.41) is 3.53. The number of fused-ring (bicyclic) bond motifs is 2. The Hall–Kier alpha value is -1.96. The molecule has 0 bridgehead atoms. The number of aryl methyl sites for hydroxylation is 1. The molecule has 2 aliphatic rings. The van der Waals surface area contributed by atoms with E-state index in [0.29, 0.717) is 0 Å². The Labute approximate surface area is 120 Å². The average molecular weight is 264 g/mol. The predicted molar refractivity (Wildman–Crippen MR) is 84.4 cm³/mol. The van der Waals surface area contributed by atoms with Crippen LogP contribution in [0.4, 0.5) is 11.4 Å². The fourth-order valence-electron chi connectivity index (χ4n) is 3.36. The lowest BCUT2D eigenvalue weighted by atomic mass is 9.98. The van der Waals surface area contributed by atoms with Gasteiger partial charge in [0.1, 0.15) is 0 Å². The predicted octanol–water partition coefficient (Wildman–Crippen LogP) is 3.61. The van der Waals surface area contributed by atoms with Crippen LogP contribution in [0.3, 0.4) is 0 Å². The van der Waals surface area contributed by atoms with Crippen LogP contribution in [0.5, 0.6) is 0 Å². The maximum Gasteiger partial charge on any atom is 0.0432 e. The summed E-state index contributed by atoms with van der Waals surface area (Å²) in [5.74, 6) is 0. The average Bonchev–Trinajstić information content (AvgIpc) is 2.54. The highest BCUT2D eigenvalue weighted by atomic mass is 15.1. The lowest BCUT2D eigenvalue weighted by Gasteiger charge is -2.32. The van der Waals surface area contributed by atoms with E-state index in [1.807, 2.05) is 0 Å². The zero-order chi connectivity index (χ0) is 13.4.